The average molecular weight is 550 g/mol. The lowest BCUT2D eigenvalue weighted by Gasteiger charge is -2.17. The van der Waals surface area contributed by atoms with E-state index in [1.54, 1.807) is 41.8 Å². The highest BCUT2D eigenvalue weighted by atomic mass is 16.5. The van der Waals surface area contributed by atoms with Crippen LogP contribution in [-0.4, -0.2) is 47.6 Å². The van der Waals surface area contributed by atoms with Gasteiger partial charge in [0.2, 0.25) is 0 Å². The first-order valence-corrected chi connectivity index (χ1v) is 12.7. The van der Waals surface area contributed by atoms with Gasteiger partial charge in [-0.05, 0) is 55.5 Å². The second kappa shape index (κ2) is 9.91. The predicted molar refractivity (Wildman–Crippen MR) is 153 cm³/mol. The zero-order valence-electron chi connectivity index (χ0n) is 22.3. The van der Waals surface area contributed by atoms with E-state index in [9.17, 15) is 19.2 Å². The van der Waals surface area contributed by atoms with Crippen molar-refractivity contribution in [1.82, 2.24) is 9.38 Å². The first kappa shape index (κ1) is 25.8. The molecule has 3 heterocycles. The van der Waals surface area contributed by atoms with Gasteiger partial charge in [0.05, 0.1) is 47.6 Å². The topological polar surface area (TPSA) is 125 Å². The molecule has 0 saturated carbocycles. The van der Waals surface area contributed by atoms with Gasteiger partial charge in [-0.25, -0.2) is 9.59 Å². The predicted octanol–water partition coefficient (Wildman–Crippen LogP) is 4.57. The van der Waals surface area contributed by atoms with Crippen LogP contribution in [0.4, 0.5) is 5.69 Å². The van der Waals surface area contributed by atoms with Gasteiger partial charge in [-0.2, -0.15) is 0 Å². The molecule has 0 aliphatic rings. The number of methoxy groups -OCH3 is 2. The largest absolute Gasteiger partial charge is 0.481 e. The van der Waals surface area contributed by atoms with Gasteiger partial charge in [0.1, 0.15) is 5.75 Å². The van der Waals surface area contributed by atoms with E-state index in [-0.39, 0.29) is 22.4 Å². The van der Waals surface area contributed by atoms with E-state index in [1.165, 1.54) is 32.4 Å². The van der Waals surface area contributed by atoms with E-state index in [1.807, 2.05) is 24.3 Å². The maximum Gasteiger partial charge on any atom is 0.339 e. The van der Waals surface area contributed by atoms with Crippen molar-refractivity contribution in [3.05, 3.63) is 94.4 Å². The number of nitrogens with zero attached hydrogens (tertiary/aromatic N) is 2. The number of hydrogen-bond donors (Lipinski definition) is 1. The minimum absolute atomic E-state index is 0.0653. The van der Waals surface area contributed by atoms with Crippen LogP contribution in [-0.2, 0) is 14.3 Å². The van der Waals surface area contributed by atoms with Crippen molar-refractivity contribution in [3.8, 4) is 5.75 Å². The second-order valence-electron chi connectivity index (χ2n) is 9.41. The summed E-state index contributed by atoms with van der Waals surface area (Å²) >= 11 is 0. The van der Waals surface area contributed by atoms with Crippen LogP contribution in [0.25, 0.3) is 38.1 Å². The molecule has 3 aromatic heterocycles. The Bertz CT molecular complexity index is 2080. The van der Waals surface area contributed by atoms with Crippen LogP contribution in [0.15, 0.2) is 77.7 Å². The Labute approximate surface area is 232 Å². The highest BCUT2D eigenvalue weighted by molar-refractivity contribution is 6.18. The summed E-state index contributed by atoms with van der Waals surface area (Å²) in [5, 5.41) is 5.61. The Balaban J connectivity index is 1.35. The fourth-order valence-electron chi connectivity index (χ4n) is 5.09. The van der Waals surface area contributed by atoms with E-state index >= 15 is 0 Å². The molecule has 10 nitrogen and oxygen atoms in total. The molecule has 0 fully saturated rings. The van der Waals surface area contributed by atoms with Crippen LogP contribution in [0, 0.1) is 0 Å². The van der Waals surface area contributed by atoms with Crippen molar-refractivity contribution >= 4 is 61.6 Å². The van der Waals surface area contributed by atoms with E-state index in [4.69, 9.17) is 14.2 Å². The van der Waals surface area contributed by atoms with Gasteiger partial charge in [0.25, 0.3) is 11.5 Å². The van der Waals surface area contributed by atoms with Gasteiger partial charge in [0, 0.05) is 27.7 Å². The summed E-state index contributed by atoms with van der Waals surface area (Å²) in [6.07, 6.45) is 0.714. The number of benzene rings is 3. The maximum absolute atomic E-state index is 13.5. The monoisotopic (exact) mass is 549 g/mol. The van der Waals surface area contributed by atoms with Crippen molar-refractivity contribution in [1.29, 1.82) is 0 Å². The molecule has 0 aliphatic heterocycles. The molecule has 41 heavy (non-hydrogen) atoms. The minimum atomic E-state index is -0.994. The molecule has 6 rings (SSSR count). The quantitative estimate of drug-likeness (QED) is 0.237. The van der Waals surface area contributed by atoms with Gasteiger partial charge in [-0.3, -0.25) is 19.0 Å². The number of aromatic nitrogens is 2. The number of carbonyl (C=O) groups excluding carboxylic acids is 3. The number of ether oxygens (including phenoxy) is 3. The molecule has 0 unspecified atom stereocenters. The summed E-state index contributed by atoms with van der Waals surface area (Å²) in [5.41, 5.74) is 2.29. The fourth-order valence-corrected chi connectivity index (χ4v) is 5.09. The number of hydrogen-bond acceptors (Lipinski definition) is 8. The summed E-state index contributed by atoms with van der Waals surface area (Å²) in [5.74, 6) is -1.47. The Morgan fingerprint density at radius 1 is 0.854 bits per heavy atom. The minimum Gasteiger partial charge on any atom is -0.481 e. The SMILES string of the molecule is COC(=O)c1ccc(C(=O)OC)c(NC(=O)[C@@H](C)Oc2ccc3c(c2)c2ccnc4c5ccccc5c(=O)n3c24)c1. The van der Waals surface area contributed by atoms with Crippen molar-refractivity contribution in [2.75, 3.05) is 19.5 Å². The van der Waals surface area contributed by atoms with Crippen molar-refractivity contribution < 1.29 is 28.6 Å². The summed E-state index contributed by atoms with van der Waals surface area (Å²) in [6.45, 7) is 1.56. The average Bonchev–Trinajstić information content (AvgIpc) is 3.33. The second-order valence-corrected chi connectivity index (χ2v) is 9.41. The van der Waals surface area contributed by atoms with Crippen molar-refractivity contribution in [2.24, 2.45) is 0 Å². The van der Waals surface area contributed by atoms with E-state index < -0.39 is 23.9 Å². The van der Waals surface area contributed by atoms with Gasteiger partial charge in [-0.1, -0.05) is 18.2 Å². The Kier molecular flexibility index (Phi) is 6.22. The number of nitrogens with one attached hydrogen (secondary N) is 1. The summed E-state index contributed by atoms with van der Waals surface area (Å²) in [7, 11) is 2.45. The fraction of sp³-hybridized carbons (Fsp3) is 0.129. The third-order valence-electron chi connectivity index (χ3n) is 7.05. The molecule has 10 heteroatoms. The standard InChI is InChI=1S/C31H23N3O7/c1-16(28(35)33-24-14-17(30(37)39-2)8-10-22(24)31(38)40-3)41-18-9-11-25-23(15-18)20-12-13-32-26-19-6-4-5-7-21(19)29(36)34(25)27(20)26/h4-16H,1-3H3,(H,33,35)/t16-/m1/s1. The number of fused-ring (bicyclic) bond motifs is 5. The molecule has 0 aliphatic carbocycles. The number of esters is 2. The molecule has 0 radical (unpaired) electrons. The van der Waals surface area contributed by atoms with E-state index in [0.717, 1.165) is 27.2 Å². The van der Waals surface area contributed by atoms with Crippen LogP contribution in [0.3, 0.4) is 0 Å². The number of carbonyl (C=O) groups is 3. The number of amides is 1. The highest BCUT2D eigenvalue weighted by Crippen LogP contribution is 2.34. The van der Waals surface area contributed by atoms with E-state index in [2.05, 4.69) is 10.3 Å². The third kappa shape index (κ3) is 4.17. The van der Waals surface area contributed by atoms with Crippen LogP contribution in [0.1, 0.15) is 27.6 Å². The molecular weight excluding hydrogens is 526 g/mol. The van der Waals surface area contributed by atoms with Crippen LogP contribution >= 0.6 is 0 Å². The summed E-state index contributed by atoms with van der Waals surface area (Å²) in [6, 6.07) is 18.6. The highest BCUT2D eigenvalue weighted by Gasteiger charge is 2.22. The first-order chi connectivity index (χ1) is 19.8. The van der Waals surface area contributed by atoms with Crippen molar-refractivity contribution in [2.45, 2.75) is 13.0 Å². The lowest BCUT2D eigenvalue weighted by atomic mass is 10.1. The molecular formula is C31H23N3O7. The smallest absolute Gasteiger partial charge is 0.339 e. The van der Waals surface area contributed by atoms with E-state index in [0.29, 0.717) is 16.7 Å². The molecule has 3 aromatic carbocycles. The first-order valence-electron chi connectivity index (χ1n) is 12.7. The Morgan fingerprint density at radius 2 is 1.61 bits per heavy atom. The Morgan fingerprint density at radius 3 is 2.37 bits per heavy atom. The van der Waals surface area contributed by atoms with Gasteiger partial charge < -0.3 is 19.5 Å². The molecule has 0 saturated heterocycles. The van der Waals surface area contributed by atoms with Gasteiger partial charge in [0.15, 0.2) is 6.10 Å². The van der Waals surface area contributed by atoms with Gasteiger partial charge in [-0.15, -0.1) is 0 Å². The zero-order valence-corrected chi connectivity index (χ0v) is 22.3. The molecule has 1 N–H and O–H groups in total. The number of rotatable bonds is 6. The normalized spacial score (nSPS) is 12.1. The molecule has 1 atom stereocenters. The third-order valence-corrected chi connectivity index (χ3v) is 7.05. The summed E-state index contributed by atoms with van der Waals surface area (Å²) in [4.78, 5) is 55.4. The molecule has 0 bridgehead atoms. The van der Waals surface area contributed by atoms with Crippen molar-refractivity contribution in [3.63, 3.8) is 0 Å². The molecule has 0 spiro atoms. The number of anilines is 1. The van der Waals surface area contributed by atoms with Crippen LogP contribution in [0.5, 0.6) is 5.75 Å². The zero-order chi connectivity index (χ0) is 28.8. The molecule has 1 amide bonds. The lowest BCUT2D eigenvalue weighted by Crippen LogP contribution is -2.31. The summed E-state index contributed by atoms with van der Waals surface area (Å²) < 4.78 is 17.2. The maximum atomic E-state index is 13.5. The van der Waals surface area contributed by atoms with Crippen LogP contribution in [0.2, 0.25) is 0 Å². The van der Waals surface area contributed by atoms with Crippen LogP contribution < -0.4 is 15.6 Å². The molecule has 6 aromatic rings. The number of pyridine rings is 2. The van der Waals surface area contributed by atoms with Gasteiger partial charge >= 0.3 is 11.9 Å². The lowest BCUT2D eigenvalue weighted by molar-refractivity contribution is -0.122. The Hall–Kier alpha value is -5.51. The molecule has 204 valence electrons.